The number of hydrogen-bond donors (Lipinski definition) is 2. The molecule has 0 aliphatic heterocycles. The SMILES string of the molecule is CCOc1ccc(NC(=O)Cc2csc(NC(=O)c3cc(OC)cc(OC)c3)n2)cc1. The minimum Gasteiger partial charge on any atom is -0.497 e. The summed E-state index contributed by atoms with van der Waals surface area (Å²) in [5.74, 6) is 1.21. The van der Waals surface area contributed by atoms with Gasteiger partial charge in [-0.3, -0.25) is 14.9 Å². The van der Waals surface area contributed by atoms with Crippen LogP contribution in [0.15, 0.2) is 47.8 Å². The predicted molar refractivity (Wildman–Crippen MR) is 120 cm³/mol. The van der Waals surface area contributed by atoms with Gasteiger partial charge in [0.15, 0.2) is 5.13 Å². The third-order valence-corrected chi connectivity index (χ3v) is 4.98. The molecule has 2 amide bonds. The zero-order valence-corrected chi connectivity index (χ0v) is 18.2. The van der Waals surface area contributed by atoms with Crippen molar-refractivity contribution in [2.24, 2.45) is 0 Å². The van der Waals surface area contributed by atoms with Gasteiger partial charge in [-0.1, -0.05) is 0 Å². The van der Waals surface area contributed by atoms with E-state index in [0.717, 1.165) is 5.75 Å². The van der Waals surface area contributed by atoms with Crippen LogP contribution >= 0.6 is 11.3 Å². The highest BCUT2D eigenvalue weighted by Gasteiger charge is 2.14. The summed E-state index contributed by atoms with van der Waals surface area (Å²) in [5, 5.41) is 7.68. The maximum atomic E-state index is 12.6. The summed E-state index contributed by atoms with van der Waals surface area (Å²) in [5.41, 5.74) is 1.61. The second-order valence-electron chi connectivity index (χ2n) is 6.38. The van der Waals surface area contributed by atoms with Crippen molar-refractivity contribution < 1.29 is 23.8 Å². The first-order valence-corrected chi connectivity index (χ1v) is 10.4. The van der Waals surface area contributed by atoms with Crippen molar-refractivity contribution in [3.8, 4) is 17.2 Å². The van der Waals surface area contributed by atoms with E-state index in [9.17, 15) is 9.59 Å². The molecule has 0 saturated heterocycles. The Labute approximate surface area is 184 Å². The van der Waals surface area contributed by atoms with Gasteiger partial charge in [-0.05, 0) is 43.3 Å². The van der Waals surface area contributed by atoms with E-state index in [0.29, 0.717) is 40.2 Å². The zero-order chi connectivity index (χ0) is 22.2. The number of carbonyl (C=O) groups excluding carboxylic acids is 2. The quantitative estimate of drug-likeness (QED) is 0.521. The minimum atomic E-state index is -0.350. The van der Waals surface area contributed by atoms with Crippen molar-refractivity contribution in [1.29, 1.82) is 0 Å². The van der Waals surface area contributed by atoms with Crippen LogP contribution in [0.5, 0.6) is 17.2 Å². The average Bonchev–Trinajstić information content (AvgIpc) is 3.21. The number of hydrogen-bond acceptors (Lipinski definition) is 7. The molecule has 0 spiro atoms. The predicted octanol–water partition coefficient (Wildman–Crippen LogP) is 3.99. The summed E-state index contributed by atoms with van der Waals surface area (Å²) < 4.78 is 15.8. The number of carbonyl (C=O) groups is 2. The van der Waals surface area contributed by atoms with Gasteiger partial charge in [-0.25, -0.2) is 4.98 Å². The Kier molecular flexibility index (Phi) is 7.45. The van der Waals surface area contributed by atoms with Crippen molar-refractivity contribution in [3.63, 3.8) is 0 Å². The molecule has 9 heteroatoms. The highest BCUT2D eigenvalue weighted by molar-refractivity contribution is 7.14. The number of nitrogens with one attached hydrogen (secondary N) is 2. The Hall–Kier alpha value is -3.59. The molecule has 8 nitrogen and oxygen atoms in total. The van der Waals surface area contributed by atoms with Crippen LogP contribution in [0.2, 0.25) is 0 Å². The van der Waals surface area contributed by atoms with Gasteiger partial charge < -0.3 is 19.5 Å². The summed E-state index contributed by atoms with van der Waals surface area (Å²) >= 11 is 1.25. The molecule has 31 heavy (non-hydrogen) atoms. The number of nitrogens with zero attached hydrogens (tertiary/aromatic N) is 1. The number of ether oxygens (including phenoxy) is 3. The van der Waals surface area contributed by atoms with Crippen molar-refractivity contribution in [1.82, 2.24) is 4.98 Å². The van der Waals surface area contributed by atoms with Gasteiger partial charge in [0.25, 0.3) is 5.91 Å². The number of methoxy groups -OCH3 is 2. The molecule has 0 radical (unpaired) electrons. The molecular weight excluding hydrogens is 418 g/mol. The number of aromatic nitrogens is 1. The van der Waals surface area contributed by atoms with E-state index in [1.54, 1.807) is 47.8 Å². The molecule has 0 aliphatic rings. The lowest BCUT2D eigenvalue weighted by Crippen LogP contribution is -2.15. The second-order valence-corrected chi connectivity index (χ2v) is 7.24. The molecular formula is C22H23N3O5S. The molecule has 162 valence electrons. The summed E-state index contributed by atoms with van der Waals surface area (Å²) in [4.78, 5) is 29.2. The monoisotopic (exact) mass is 441 g/mol. The third kappa shape index (κ3) is 6.19. The molecule has 3 rings (SSSR count). The highest BCUT2D eigenvalue weighted by atomic mass is 32.1. The Morgan fingerprint density at radius 2 is 1.65 bits per heavy atom. The Morgan fingerprint density at radius 3 is 2.26 bits per heavy atom. The smallest absolute Gasteiger partial charge is 0.257 e. The average molecular weight is 442 g/mol. The van der Waals surface area contributed by atoms with E-state index < -0.39 is 0 Å². The van der Waals surface area contributed by atoms with Gasteiger partial charge in [-0.15, -0.1) is 11.3 Å². The van der Waals surface area contributed by atoms with E-state index in [4.69, 9.17) is 14.2 Å². The maximum Gasteiger partial charge on any atom is 0.257 e. The summed E-state index contributed by atoms with van der Waals surface area (Å²) in [6, 6.07) is 12.0. The van der Waals surface area contributed by atoms with Gasteiger partial charge in [0, 0.05) is 22.7 Å². The van der Waals surface area contributed by atoms with Crippen LogP contribution in [0.1, 0.15) is 23.0 Å². The van der Waals surface area contributed by atoms with Crippen molar-refractivity contribution in [3.05, 3.63) is 59.1 Å². The van der Waals surface area contributed by atoms with Gasteiger partial charge in [0.05, 0.1) is 32.9 Å². The van der Waals surface area contributed by atoms with Crippen LogP contribution in [0.3, 0.4) is 0 Å². The van der Waals surface area contributed by atoms with Crippen molar-refractivity contribution >= 4 is 34.0 Å². The normalized spacial score (nSPS) is 10.3. The molecule has 0 atom stereocenters. The fourth-order valence-electron chi connectivity index (χ4n) is 2.72. The van der Waals surface area contributed by atoms with Gasteiger partial charge in [-0.2, -0.15) is 0 Å². The van der Waals surface area contributed by atoms with Gasteiger partial charge in [0.2, 0.25) is 5.91 Å². The molecule has 0 bridgehead atoms. The van der Waals surface area contributed by atoms with Crippen LogP contribution in [-0.2, 0) is 11.2 Å². The molecule has 1 heterocycles. The van der Waals surface area contributed by atoms with Crippen LogP contribution < -0.4 is 24.8 Å². The standard InChI is InChI=1S/C22H23N3O5S/c1-4-30-17-7-5-15(6-8-17)23-20(26)11-16-13-31-22(24-16)25-21(27)14-9-18(28-2)12-19(10-14)29-3/h5-10,12-13H,4,11H2,1-3H3,(H,23,26)(H,24,25,27). The lowest BCUT2D eigenvalue weighted by atomic mass is 10.2. The molecule has 0 saturated carbocycles. The first-order valence-electron chi connectivity index (χ1n) is 9.52. The second kappa shape index (κ2) is 10.4. The molecule has 2 aromatic carbocycles. The van der Waals surface area contributed by atoms with Crippen LogP contribution in [0.25, 0.3) is 0 Å². The Bertz CT molecular complexity index is 1030. The number of amides is 2. The van der Waals surface area contributed by atoms with E-state index in [1.807, 2.05) is 6.92 Å². The van der Waals surface area contributed by atoms with E-state index in [1.165, 1.54) is 25.6 Å². The fraction of sp³-hybridized carbons (Fsp3) is 0.227. The molecule has 0 fully saturated rings. The van der Waals surface area contributed by atoms with Crippen molar-refractivity contribution in [2.45, 2.75) is 13.3 Å². The van der Waals surface area contributed by atoms with Crippen molar-refractivity contribution in [2.75, 3.05) is 31.5 Å². The van der Waals surface area contributed by atoms with Crippen LogP contribution in [0, 0.1) is 0 Å². The Morgan fingerprint density at radius 1 is 0.968 bits per heavy atom. The maximum absolute atomic E-state index is 12.6. The van der Waals surface area contributed by atoms with E-state index in [-0.39, 0.29) is 18.2 Å². The zero-order valence-electron chi connectivity index (χ0n) is 17.4. The molecule has 0 aliphatic carbocycles. The summed E-state index contributed by atoms with van der Waals surface area (Å²) in [7, 11) is 3.03. The number of benzene rings is 2. The van der Waals surface area contributed by atoms with Gasteiger partial charge in [0.1, 0.15) is 17.2 Å². The lowest BCUT2D eigenvalue weighted by molar-refractivity contribution is -0.115. The largest absolute Gasteiger partial charge is 0.497 e. The fourth-order valence-corrected chi connectivity index (χ4v) is 3.43. The first-order chi connectivity index (χ1) is 15.0. The topological polar surface area (TPSA) is 98.8 Å². The van der Waals surface area contributed by atoms with Crippen LogP contribution in [0.4, 0.5) is 10.8 Å². The van der Waals surface area contributed by atoms with Gasteiger partial charge >= 0.3 is 0 Å². The van der Waals surface area contributed by atoms with Crippen LogP contribution in [-0.4, -0.2) is 37.6 Å². The minimum absolute atomic E-state index is 0.0898. The third-order valence-electron chi connectivity index (χ3n) is 4.18. The summed E-state index contributed by atoms with van der Waals surface area (Å²) in [6.07, 6.45) is 0.0898. The molecule has 3 aromatic rings. The summed E-state index contributed by atoms with van der Waals surface area (Å²) in [6.45, 7) is 2.49. The highest BCUT2D eigenvalue weighted by Crippen LogP contribution is 2.24. The Balaban J connectivity index is 1.58. The first kappa shape index (κ1) is 22.1. The molecule has 0 unspecified atom stereocenters. The molecule has 1 aromatic heterocycles. The van der Waals surface area contributed by atoms with E-state index in [2.05, 4.69) is 15.6 Å². The van der Waals surface area contributed by atoms with E-state index >= 15 is 0 Å². The number of anilines is 2. The number of thiazole rings is 1. The lowest BCUT2D eigenvalue weighted by Gasteiger charge is -2.08. The molecule has 2 N–H and O–H groups in total. The number of rotatable bonds is 9.